The van der Waals surface area contributed by atoms with Crippen molar-refractivity contribution in [3.8, 4) is 0 Å². The fourth-order valence-electron chi connectivity index (χ4n) is 3.84. The molecule has 2 aliphatic heterocycles. The average Bonchev–Trinajstić information content (AvgIpc) is 2.52. The molecular weight excluding hydrogens is 352 g/mol. The van der Waals surface area contributed by atoms with E-state index in [-0.39, 0.29) is 16.1 Å². The Kier molecular flexibility index (Phi) is 5.07. The third-order valence-electron chi connectivity index (χ3n) is 4.84. The van der Waals surface area contributed by atoms with Gasteiger partial charge in [-0.2, -0.15) is 4.31 Å². The number of sulfonamides is 1. The number of anilines is 1. The number of nitrogens with zero attached hydrogens (tertiary/aromatic N) is 4. The second kappa shape index (κ2) is 6.74. The molecule has 0 aromatic carbocycles. The maximum absolute atomic E-state index is 12.8. The summed E-state index contributed by atoms with van der Waals surface area (Å²) in [5, 5.41) is 0. The third-order valence-corrected chi connectivity index (χ3v) is 6.72. The number of piperazine rings is 1. The van der Waals surface area contributed by atoms with Gasteiger partial charge in [0, 0.05) is 45.5 Å². The van der Waals surface area contributed by atoms with Gasteiger partial charge in [0.2, 0.25) is 10.0 Å². The highest BCUT2D eigenvalue weighted by atomic mass is 32.2. The number of likely N-dealkylation sites (N-methyl/N-ethyl adjacent to an activating group) is 1. The van der Waals surface area contributed by atoms with Crippen molar-refractivity contribution in [2.45, 2.75) is 43.8 Å². The number of hydrogen-bond acceptors (Lipinski definition) is 6. The molecule has 2 saturated heterocycles. The van der Waals surface area contributed by atoms with Crippen LogP contribution < -0.4 is 4.90 Å². The van der Waals surface area contributed by atoms with E-state index in [0.29, 0.717) is 26.2 Å². The Bertz CT molecular complexity index is 722. The first kappa shape index (κ1) is 19.5. The second-order valence-electron chi connectivity index (χ2n) is 8.54. The van der Waals surface area contributed by atoms with Crippen LogP contribution >= 0.6 is 0 Å². The number of hydrogen-bond donors (Lipinski definition) is 0. The molecule has 0 saturated carbocycles. The molecule has 7 nitrogen and oxygen atoms in total. The van der Waals surface area contributed by atoms with E-state index in [4.69, 9.17) is 4.74 Å². The standard InChI is InChI=1S/C18H30N4O3S/c1-17(2)13-21(14-18(3,4)25-17)16-7-6-15(12-19-16)26(23,24)22-10-8-20(5)9-11-22/h6-7,12H,8-11,13-14H2,1-5H3. The Balaban J connectivity index is 1.78. The van der Waals surface area contributed by atoms with Crippen molar-refractivity contribution in [1.82, 2.24) is 14.2 Å². The van der Waals surface area contributed by atoms with E-state index < -0.39 is 10.0 Å². The summed E-state index contributed by atoms with van der Waals surface area (Å²) in [6, 6.07) is 3.48. The van der Waals surface area contributed by atoms with Gasteiger partial charge >= 0.3 is 0 Å². The van der Waals surface area contributed by atoms with Crippen molar-refractivity contribution in [1.29, 1.82) is 0 Å². The van der Waals surface area contributed by atoms with Crippen LogP contribution in [-0.2, 0) is 14.8 Å². The van der Waals surface area contributed by atoms with Crippen molar-refractivity contribution in [3.63, 3.8) is 0 Å². The van der Waals surface area contributed by atoms with Crippen molar-refractivity contribution in [2.75, 3.05) is 51.2 Å². The Labute approximate surface area is 157 Å². The lowest BCUT2D eigenvalue weighted by Gasteiger charge is -2.47. The normalized spacial score (nSPS) is 24.6. The summed E-state index contributed by atoms with van der Waals surface area (Å²) in [4.78, 5) is 9.02. The van der Waals surface area contributed by atoms with E-state index in [1.54, 1.807) is 16.4 Å². The molecule has 0 spiro atoms. The van der Waals surface area contributed by atoms with Crippen LogP contribution in [0.15, 0.2) is 23.2 Å². The molecule has 0 aliphatic carbocycles. The molecule has 3 heterocycles. The van der Waals surface area contributed by atoms with E-state index >= 15 is 0 Å². The zero-order valence-electron chi connectivity index (χ0n) is 16.4. The maximum atomic E-state index is 12.8. The minimum absolute atomic E-state index is 0.262. The Hall–Kier alpha value is -1.22. The molecular formula is C18H30N4O3S. The fourth-order valence-corrected chi connectivity index (χ4v) is 5.21. The largest absolute Gasteiger partial charge is 0.366 e. The first-order valence-electron chi connectivity index (χ1n) is 9.08. The predicted octanol–water partition coefficient (Wildman–Crippen LogP) is 1.41. The van der Waals surface area contributed by atoms with Gasteiger partial charge in [-0.15, -0.1) is 0 Å². The van der Waals surface area contributed by atoms with E-state index in [9.17, 15) is 8.42 Å². The van der Waals surface area contributed by atoms with Gasteiger partial charge in [-0.05, 0) is 46.9 Å². The van der Waals surface area contributed by atoms with E-state index in [0.717, 1.165) is 18.9 Å². The molecule has 8 heteroatoms. The second-order valence-corrected chi connectivity index (χ2v) is 10.5. The zero-order valence-corrected chi connectivity index (χ0v) is 17.2. The molecule has 26 heavy (non-hydrogen) atoms. The van der Waals surface area contributed by atoms with E-state index in [1.165, 1.54) is 6.20 Å². The molecule has 0 bridgehead atoms. The minimum atomic E-state index is -3.48. The van der Waals surface area contributed by atoms with Crippen molar-refractivity contribution >= 4 is 15.8 Å². The first-order chi connectivity index (χ1) is 12.0. The summed E-state index contributed by atoms with van der Waals surface area (Å²) in [7, 11) is -1.47. The molecule has 3 rings (SSSR count). The number of rotatable bonds is 3. The zero-order chi connectivity index (χ0) is 19.2. The van der Waals surface area contributed by atoms with Crippen LogP contribution in [0.25, 0.3) is 0 Å². The maximum Gasteiger partial charge on any atom is 0.244 e. The number of ether oxygens (including phenoxy) is 1. The summed E-state index contributed by atoms with van der Waals surface area (Å²) in [6.07, 6.45) is 1.48. The number of morpholine rings is 1. The Morgan fingerprint density at radius 1 is 1.00 bits per heavy atom. The SMILES string of the molecule is CN1CCN(S(=O)(=O)c2ccc(N3CC(C)(C)OC(C)(C)C3)nc2)CC1. The van der Waals surface area contributed by atoms with Crippen LogP contribution in [0.3, 0.4) is 0 Å². The van der Waals surface area contributed by atoms with Crippen molar-refractivity contribution < 1.29 is 13.2 Å². The smallest absolute Gasteiger partial charge is 0.244 e. The van der Waals surface area contributed by atoms with E-state index in [2.05, 4.69) is 42.5 Å². The predicted molar refractivity (Wildman–Crippen MR) is 102 cm³/mol. The molecule has 146 valence electrons. The summed E-state index contributed by atoms with van der Waals surface area (Å²) >= 11 is 0. The summed E-state index contributed by atoms with van der Waals surface area (Å²) in [5.74, 6) is 0.784. The van der Waals surface area contributed by atoms with E-state index in [1.807, 2.05) is 7.05 Å². The van der Waals surface area contributed by atoms with Gasteiger partial charge in [0.25, 0.3) is 0 Å². The van der Waals surface area contributed by atoms with Gasteiger partial charge < -0.3 is 14.5 Å². The molecule has 1 aromatic heterocycles. The highest BCUT2D eigenvalue weighted by molar-refractivity contribution is 7.89. The highest BCUT2D eigenvalue weighted by Crippen LogP contribution is 2.31. The monoisotopic (exact) mass is 382 g/mol. The average molecular weight is 383 g/mol. The third kappa shape index (κ3) is 4.19. The van der Waals surface area contributed by atoms with Gasteiger partial charge in [0.1, 0.15) is 10.7 Å². The first-order valence-corrected chi connectivity index (χ1v) is 10.5. The molecule has 0 amide bonds. The fraction of sp³-hybridized carbons (Fsp3) is 0.722. The van der Waals surface area contributed by atoms with Crippen LogP contribution in [0.5, 0.6) is 0 Å². The van der Waals surface area contributed by atoms with Gasteiger partial charge in [-0.3, -0.25) is 0 Å². The van der Waals surface area contributed by atoms with Crippen LogP contribution in [-0.4, -0.2) is 80.1 Å². The lowest BCUT2D eigenvalue weighted by atomic mass is 9.99. The van der Waals surface area contributed by atoms with Crippen LogP contribution in [0.2, 0.25) is 0 Å². The number of aromatic nitrogens is 1. The molecule has 1 aromatic rings. The summed E-state index contributed by atoms with van der Waals surface area (Å²) < 4.78 is 33.3. The topological polar surface area (TPSA) is 66.0 Å². The minimum Gasteiger partial charge on any atom is -0.366 e. The summed E-state index contributed by atoms with van der Waals surface area (Å²) in [6.45, 7) is 12.2. The van der Waals surface area contributed by atoms with Crippen LogP contribution in [0.4, 0.5) is 5.82 Å². The van der Waals surface area contributed by atoms with Gasteiger partial charge in [-0.25, -0.2) is 13.4 Å². The molecule has 2 aliphatic rings. The lowest BCUT2D eigenvalue weighted by Crippen LogP contribution is -2.57. The van der Waals surface area contributed by atoms with Crippen molar-refractivity contribution in [2.24, 2.45) is 0 Å². The van der Waals surface area contributed by atoms with Crippen LogP contribution in [0, 0.1) is 0 Å². The lowest BCUT2D eigenvalue weighted by molar-refractivity contribution is -0.133. The molecule has 0 atom stereocenters. The quantitative estimate of drug-likeness (QED) is 0.788. The van der Waals surface area contributed by atoms with Crippen LogP contribution in [0.1, 0.15) is 27.7 Å². The molecule has 0 unspecified atom stereocenters. The van der Waals surface area contributed by atoms with Crippen molar-refractivity contribution in [3.05, 3.63) is 18.3 Å². The molecule has 0 N–H and O–H groups in total. The summed E-state index contributed by atoms with van der Waals surface area (Å²) in [5.41, 5.74) is -0.567. The number of pyridine rings is 1. The highest BCUT2D eigenvalue weighted by Gasteiger charge is 2.38. The Morgan fingerprint density at radius 3 is 2.08 bits per heavy atom. The van der Waals surface area contributed by atoms with Gasteiger partial charge in [0.15, 0.2) is 0 Å². The molecule has 0 radical (unpaired) electrons. The Morgan fingerprint density at radius 2 is 1.58 bits per heavy atom. The molecule has 2 fully saturated rings. The van der Waals surface area contributed by atoms with Gasteiger partial charge in [-0.1, -0.05) is 0 Å². The van der Waals surface area contributed by atoms with Gasteiger partial charge in [0.05, 0.1) is 11.2 Å².